The molecular weight excluding hydrogens is 286 g/mol. The van der Waals surface area contributed by atoms with Gasteiger partial charge in [-0.1, -0.05) is 6.42 Å². The zero-order chi connectivity index (χ0) is 11.4. The van der Waals surface area contributed by atoms with Crippen molar-refractivity contribution in [3.63, 3.8) is 0 Å². The van der Waals surface area contributed by atoms with Crippen molar-refractivity contribution in [2.45, 2.75) is 25.9 Å². The van der Waals surface area contributed by atoms with Crippen molar-refractivity contribution in [2.75, 3.05) is 13.2 Å². The highest BCUT2D eigenvalue weighted by Crippen LogP contribution is 2.31. The number of halogens is 1. The Hall–Kier alpha value is 0.1000. The van der Waals surface area contributed by atoms with Gasteiger partial charge in [-0.05, 0) is 59.3 Å². The summed E-state index contributed by atoms with van der Waals surface area (Å²) in [5.74, 6) is 1.38. The van der Waals surface area contributed by atoms with Crippen LogP contribution in [-0.2, 0) is 11.3 Å². The molecule has 0 bridgehead atoms. The fraction of sp³-hybridized carbons (Fsp3) is 0.667. The molecular formula is C12H18BrNOS. The number of thiophene rings is 1. The molecule has 0 spiro atoms. The molecule has 4 heteroatoms. The van der Waals surface area contributed by atoms with E-state index in [0.717, 1.165) is 19.8 Å². The van der Waals surface area contributed by atoms with E-state index in [4.69, 9.17) is 10.5 Å². The third-order valence-electron chi connectivity index (χ3n) is 3.32. The van der Waals surface area contributed by atoms with Gasteiger partial charge >= 0.3 is 0 Å². The van der Waals surface area contributed by atoms with E-state index >= 15 is 0 Å². The van der Waals surface area contributed by atoms with Crippen LogP contribution in [0.2, 0.25) is 0 Å². The standard InChI is InChI=1S/C12H18BrNOS/c13-12-5-4-11(16-12)8-15-7-10-3-1-2-9(10)6-14/h4-5,9-10H,1-3,6-8,14H2. The lowest BCUT2D eigenvalue weighted by atomic mass is 9.97. The summed E-state index contributed by atoms with van der Waals surface area (Å²) in [4.78, 5) is 1.29. The first-order chi connectivity index (χ1) is 7.79. The molecule has 1 heterocycles. The summed E-state index contributed by atoms with van der Waals surface area (Å²) in [5.41, 5.74) is 5.75. The summed E-state index contributed by atoms with van der Waals surface area (Å²) in [5, 5.41) is 0. The maximum absolute atomic E-state index is 5.78. The third kappa shape index (κ3) is 3.29. The fourth-order valence-corrected chi connectivity index (χ4v) is 3.80. The molecule has 1 aromatic heterocycles. The molecule has 1 saturated carbocycles. The van der Waals surface area contributed by atoms with E-state index in [1.807, 2.05) is 0 Å². The van der Waals surface area contributed by atoms with Gasteiger partial charge in [0.2, 0.25) is 0 Å². The maximum Gasteiger partial charge on any atom is 0.0809 e. The van der Waals surface area contributed by atoms with E-state index in [2.05, 4.69) is 28.1 Å². The van der Waals surface area contributed by atoms with Crippen molar-refractivity contribution in [2.24, 2.45) is 17.6 Å². The van der Waals surface area contributed by atoms with Crippen LogP contribution in [0, 0.1) is 11.8 Å². The first-order valence-corrected chi connectivity index (χ1v) is 7.42. The van der Waals surface area contributed by atoms with Crippen LogP contribution < -0.4 is 5.73 Å². The first kappa shape index (κ1) is 12.6. The number of hydrogen-bond acceptors (Lipinski definition) is 3. The van der Waals surface area contributed by atoms with Gasteiger partial charge in [0.25, 0.3) is 0 Å². The summed E-state index contributed by atoms with van der Waals surface area (Å²) >= 11 is 5.20. The average molecular weight is 304 g/mol. The number of rotatable bonds is 5. The molecule has 1 aliphatic rings. The highest BCUT2D eigenvalue weighted by molar-refractivity contribution is 9.11. The van der Waals surface area contributed by atoms with E-state index in [1.54, 1.807) is 11.3 Å². The van der Waals surface area contributed by atoms with Crippen LogP contribution in [0.5, 0.6) is 0 Å². The molecule has 2 nitrogen and oxygen atoms in total. The second-order valence-electron chi connectivity index (χ2n) is 4.41. The van der Waals surface area contributed by atoms with Gasteiger partial charge in [0, 0.05) is 4.88 Å². The number of nitrogens with two attached hydrogens (primary N) is 1. The summed E-state index contributed by atoms with van der Waals surface area (Å²) in [7, 11) is 0. The van der Waals surface area contributed by atoms with Crippen LogP contribution in [0.15, 0.2) is 15.9 Å². The molecule has 0 amide bonds. The first-order valence-electron chi connectivity index (χ1n) is 5.81. The molecule has 0 radical (unpaired) electrons. The smallest absolute Gasteiger partial charge is 0.0809 e. The zero-order valence-corrected chi connectivity index (χ0v) is 11.7. The largest absolute Gasteiger partial charge is 0.376 e. The Morgan fingerprint density at radius 1 is 1.38 bits per heavy atom. The minimum absolute atomic E-state index is 0.688. The molecule has 2 N–H and O–H groups in total. The monoisotopic (exact) mass is 303 g/mol. The Morgan fingerprint density at radius 3 is 2.88 bits per heavy atom. The second-order valence-corrected chi connectivity index (χ2v) is 6.96. The predicted molar refractivity (Wildman–Crippen MR) is 71.6 cm³/mol. The predicted octanol–water partition coefficient (Wildman–Crippen LogP) is 3.40. The molecule has 2 atom stereocenters. The molecule has 2 rings (SSSR count). The lowest BCUT2D eigenvalue weighted by Gasteiger charge is -2.17. The molecule has 90 valence electrons. The number of ether oxygens (including phenoxy) is 1. The van der Waals surface area contributed by atoms with Gasteiger partial charge in [0.15, 0.2) is 0 Å². The Balaban J connectivity index is 1.71. The van der Waals surface area contributed by atoms with Crippen LogP contribution in [0.3, 0.4) is 0 Å². The molecule has 0 aromatic carbocycles. The van der Waals surface area contributed by atoms with Gasteiger partial charge in [-0.25, -0.2) is 0 Å². The summed E-state index contributed by atoms with van der Waals surface area (Å²) in [6, 6.07) is 4.19. The molecule has 1 aliphatic carbocycles. The Bertz CT molecular complexity index is 329. The molecule has 2 unspecified atom stereocenters. The van der Waals surface area contributed by atoms with Gasteiger partial charge in [-0.3, -0.25) is 0 Å². The van der Waals surface area contributed by atoms with Gasteiger partial charge in [-0.15, -0.1) is 11.3 Å². The zero-order valence-electron chi connectivity index (χ0n) is 9.32. The fourth-order valence-electron chi connectivity index (χ4n) is 2.38. The minimum Gasteiger partial charge on any atom is -0.376 e. The quantitative estimate of drug-likeness (QED) is 0.905. The van der Waals surface area contributed by atoms with Gasteiger partial charge in [0.05, 0.1) is 17.0 Å². The van der Waals surface area contributed by atoms with Crippen LogP contribution in [0.25, 0.3) is 0 Å². The molecule has 1 aromatic rings. The summed E-state index contributed by atoms with van der Waals surface area (Å²) in [6.45, 7) is 2.43. The molecule has 16 heavy (non-hydrogen) atoms. The normalized spacial score (nSPS) is 25.1. The second kappa shape index (κ2) is 6.15. The van der Waals surface area contributed by atoms with Crippen LogP contribution in [-0.4, -0.2) is 13.2 Å². The van der Waals surface area contributed by atoms with E-state index in [9.17, 15) is 0 Å². The highest BCUT2D eigenvalue weighted by atomic mass is 79.9. The Labute approximate surface area is 109 Å². The van der Waals surface area contributed by atoms with Crippen molar-refractivity contribution in [3.8, 4) is 0 Å². The molecule has 0 aliphatic heterocycles. The lowest BCUT2D eigenvalue weighted by molar-refractivity contribution is 0.0769. The van der Waals surface area contributed by atoms with Crippen LogP contribution in [0.1, 0.15) is 24.1 Å². The van der Waals surface area contributed by atoms with Crippen molar-refractivity contribution in [1.82, 2.24) is 0 Å². The topological polar surface area (TPSA) is 35.2 Å². The van der Waals surface area contributed by atoms with Crippen molar-refractivity contribution < 1.29 is 4.74 Å². The highest BCUT2D eigenvalue weighted by Gasteiger charge is 2.25. The van der Waals surface area contributed by atoms with Gasteiger partial charge in [0.1, 0.15) is 0 Å². The maximum atomic E-state index is 5.78. The minimum atomic E-state index is 0.688. The van der Waals surface area contributed by atoms with E-state index in [1.165, 1.54) is 27.9 Å². The molecule has 1 fully saturated rings. The van der Waals surface area contributed by atoms with Crippen LogP contribution >= 0.6 is 27.3 Å². The van der Waals surface area contributed by atoms with Crippen molar-refractivity contribution in [1.29, 1.82) is 0 Å². The Kier molecular flexibility index (Phi) is 4.82. The summed E-state index contributed by atoms with van der Waals surface area (Å²) < 4.78 is 6.96. The molecule has 0 saturated heterocycles. The van der Waals surface area contributed by atoms with E-state index in [-0.39, 0.29) is 0 Å². The van der Waals surface area contributed by atoms with Crippen molar-refractivity contribution in [3.05, 3.63) is 20.8 Å². The van der Waals surface area contributed by atoms with Gasteiger partial charge < -0.3 is 10.5 Å². The third-order valence-corrected chi connectivity index (χ3v) is 4.92. The van der Waals surface area contributed by atoms with E-state index in [0.29, 0.717) is 11.8 Å². The SMILES string of the molecule is NCC1CCCC1COCc1ccc(Br)s1. The number of hydrogen-bond donors (Lipinski definition) is 1. The van der Waals surface area contributed by atoms with E-state index < -0.39 is 0 Å². The van der Waals surface area contributed by atoms with Crippen molar-refractivity contribution >= 4 is 27.3 Å². The van der Waals surface area contributed by atoms with Crippen LogP contribution in [0.4, 0.5) is 0 Å². The summed E-state index contributed by atoms with van der Waals surface area (Å²) in [6.07, 6.45) is 3.89. The lowest BCUT2D eigenvalue weighted by Crippen LogP contribution is -2.22. The average Bonchev–Trinajstić information content (AvgIpc) is 2.87. The van der Waals surface area contributed by atoms with Gasteiger partial charge in [-0.2, -0.15) is 0 Å². The Morgan fingerprint density at radius 2 is 2.19 bits per heavy atom.